The summed E-state index contributed by atoms with van der Waals surface area (Å²) in [4.78, 5) is 25.2. The van der Waals surface area contributed by atoms with Gasteiger partial charge in [-0.25, -0.2) is 13.1 Å². The first-order valence-corrected chi connectivity index (χ1v) is 12.1. The fourth-order valence-corrected chi connectivity index (χ4v) is 4.16. The minimum atomic E-state index is -3.76. The van der Waals surface area contributed by atoms with Crippen LogP contribution in [0.15, 0.2) is 77.7 Å². The van der Waals surface area contributed by atoms with Crippen molar-refractivity contribution in [1.29, 1.82) is 0 Å². The summed E-state index contributed by atoms with van der Waals surface area (Å²) in [5, 5.41) is 5.53. The summed E-state index contributed by atoms with van der Waals surface area (Å²) in [5.41, 5.74) is 2.77. The molecule has 34 heavy (non-hydrogen) atoms. The molecule has 3 rings (SSSR count). The topological polar surface area (TPSA) is 114 Å². The second-order valence-electron chi connectivity index (χ2n) is 7.59. The summed E-state index contributed by atoms with van der Waals surface area (Å²) in [6.07, 6.45) is -0.102. The number of nitrogens with one attached hydrogen (secondary N) is 3. The van der Waals surface area contributed by atoms with Gasteiger partial charge in [0.2, 0.25) is 15.9 Å². The number of carbonyl (C=O) groups excluding carboxylic acids is 2. The van der Waals surface area contributed by atoms with Gasteiger partial charge in [0.1, 0.15) is 5.75 Å². The van der Waals surface area contributed by atoms with Crippen molar-refractivity contribution in [1.82, 2.24) is 10.0 Å². The van der Waals surface area contributed by atoms with E-state index in [1.165, 1.54) is 19.2 Å². The zero-order chi connectivity index (χ0) is 24.6. The molecule has 3 aromatic rings. The van der Waals surface area contributed by atoms with E-state index in [9.17, 15) is 18.0 Å². The summed E-state index contributed by atoms with van der Waals surface area (Å²) in [7, 11) is -2.27. The number of hydrogen-bond donors (Lipinski definition) is 3. The highest BCUT2D eigenvalue weighted by Crippen LogP contribution is 2.17. The van der Waals surface area contributed by atoms with E-state index in [-0.39, 0.29) is 23.8 Å². The van der Waals surface area contributed by atoms with Crippen molar-refractivity contribution < 1.29 is 22.7 Å². The molecule has 8 nitrogen and oxygen atoms in total. The molecule has 0 aliphatic rings. The number of methoxy groups -OCH3 is 1. The fraction of sp³-hybridized carbons (Fsp3) is 0.200. The highest BCUT2D eigenvalue weighted by Gasteiger charge is 2.16. The van der Waals surface area contributed by atoms with Gasteiger partial charge in [-0.05, 0) is 48.9 Å². The van der Waals surface area contributed by atoms with Gasteiger partial charge in [-0.1, -0.05) is 42.0 Å². The smallest absolute Gasteiger partial charge is 0.253 e. The van der Waals surface area contributed by atoms with E-state index in [1.807, 2.05) is 31.2 Å². The first kappa shape index (κ1) is 24.9. The molecule has 9 heteroatoms. The molecule has 0 saturated carbocycles. The van der Waals surface area contributed by atoms with Gasteiger partial charge in [0.25, 0.3) is 5.91 Å². The number of anilines is 1. The van der Waals surface area contributed by atoms with Gasteiger partial charge in [-0.15, -0.1) is 0 Å². The number of benzene rings is 3. The number of para-hydroxylation sites is 1. The van der Waals surface area contributed by atoms with Crippen LogP contribution in [0.2, 0.25) is 0 Å². The normalized spacial score (nSPS) is 11.0. The molecule has 0 spiro atoms. The Morgan fingerprint density at radius 1 is 0.912 bits per heavy atom. The number of amides is 2. The second kappa shape index (κ2) is 11.4. The van der Waals surface area contributed by atoms with Crippen LogP contribution in [0.1, 0.15) is 27.9 Å². The van der Waals surface area contributed by atoms with E-state index in [4.69, 9.17) is 4.74 Å². The minimum Gasteiger partial charge on any atom is -0.497 e. The van der Waals surface area contributed by atoms with Crippen LogP contribution in [0, 0.1) is 6.92 Å². The minimum absolute atomic E-state index is 0.0734. The molecular weight excluding hydrogens is 454 g/mol. The van der Waals surface area contributed by atoms with Gasteiger partial charge in [-0.3, -0.25) is 9.59 Å². The second-order valence-corrected chi connectivity index (χ2v) is 9.35. The van der Waals surface area contributed by atoms with E-state index < -0.39 is 15.9 Å². The highest BCUT2D eigenvalue weighted by molar-refractivity contribution is 7.89. The van der Waals surface area contributed by atoms with Crippen molar-refractivity contribution in [3.63, 3.8) is 0 Å². The van der Waals surface area contributed by atoms with Crippen LogP contribution in [0.4, 0.5) is 5.69 Å². The lowest BCUT2D eigenvalue weighted by Gasteiger charge is -2.12. The predicted molar refractivity (Wildman–Crippen MR) is 130 cm³/mol. The van der Waals surface area contributed by atoms with E-state index in [1.54, 1.807) is 36.4 Å². The number of hydrogen-bond acceptors (Lipinski definition) is 5. The molecule has 0 unspecified atom stereocenters. The monoisotopic (exact) mass is 481 g/mol. The summed E-state index contributed by atoms with van der Waals surface area (Å²) in [6, 6.07) is 20.4. The fourth-order valence-electron chi connectivity index (χ4n) is 3.12. The zero-order valence-corrected chi connectivity index (χ0v) is 19.8. The van der Waals surface area contributed by atoms with Crippen LogP contribution >= 0.6 is 0 Å². The average Bonchev–Trinajstić information content (AvgIpc) is 2.83. The highest BCUT2D eigenvalue weighted by atomic mass is 32.2. The van der Waals surface area contributed by atoms with Crippen molar-refractivity contribution in [2.45, 2.75) is 24.8 Å². The number of rotatable bonds is 10. The summed E-state index contributed by atoms with van der Waals surface area (Å²) in [6.45, 7) is 2.25. The molecule has 0 aliphatic carbocycles. The Labute approximate surface area is 199 Å². The molecule has 0 radical (unpaired) electrons. The molecule has 3 aromatic carbocycles. The Morgan fingerprint density at radius 3 is 2.26 bits per heavy atom. The number of sulfonamides is 1. The Hall–Kier alpha value is -3.69. The zero-order valence-electron chi connectivity index (χ0n) is 19.0. The Kier molecular flexibility index (Phi) is 8.39. The van der Waals surface area contributed by atoms with Gasteiger partial charge in [0, 0.05) is 19.5 Å². The maximum absolute atomic E-state index is 12.7. The third-order valence-electron chi connectivity index (χ3n) is 5.03. The standard InChI is InChI=1S/C25H27N3O5S/c1-18-7-9-19(10-8-18)17-26-25(30)22-5-3-4-6-23(22)28-24(29)15-16-27-34(31,32)21-13-11-20(33-2)12-14-21/h3-14,27H,15-17H2,1-2H3,(H,26,30)(H,28,29). The molecule has 0 fully saturated rings. The van der Waals surface area contributed by atoms with Gasteiger partial charge >= 0.3 is 0 Å². The lowest BCUT2D eigenvalue weighted by Crippen LogP contribution is -2.28. The lowest BCUT2D eigenvalue weighted by atomic mass is 10.1. The first-order chi connectivity index (χ1) is 16.3. The Bertz CT molecular complexity index is 1240. The quantitative estimate of drug-likeness (QED) is 0.411. The molecule has 2 amide bonds. The van der Waals surface area contributed by atoms with Crippen LogP contribution in [0.5, 0.6) is 5.75 Å². The SMILES string of the molecule is COc1ccc(S(=O)(=O)NCCC(=O)Nc2ccccc2C(=O)NCc2ccc(C)cc2)cc1. The molecule has 0 aliphatic heterocycles. The van der Waals surface area contributed by atoms with Gasteiger partial charge in [0.05, 0.1) is 23.3 Å². The molecule has 0 saturated heterocycles. The van der Waals surface area contributed by atoms with Gasteiger partial charge in [0.15, 0.2) is 0 Å². The summed E-state index contributed by atoms with van der Waals surface area (Å²) < 4.78 is 32.2. The van der Waals surface area contributed by atoms with Crippen LogP contribution < -0.4 is 20.1 Å². The van der Waals surface area contributed by atoms with E-state index in [0.29, 0.717) is 23.5 Å². The molecule has 3 N–H and O–H groups in total. The van der Waals surface area contributed by atoms with Crippen molar-refractivity contribution in [3.8, 4) is 5.75 Å². The van der Waals surface area contributed by atoms with Gasteiger partial charge < -0.3 is 15.4 Å². The maximum atomic E-state index is 12.7. The summed E-state index contributed by atoms with van der Waals surface area (Å²) >= 11 is 0. The third-order valence-corrected chi connectivity index (χ3v) is 6.51. The van der Waals surface area contributed by atoms with E-state index >= 15 is 0 Å². The van der Waals surface area contributed by atoms with Crippen LogP contribution in [-0.2, 0) is 21.4 Å². The van der Waals surface area contributed by atoms with Crippen LogP contribution in [0.25, 0.3) is 0 Å². The van der Waals surface area contributed by atoms with Crippen molar-refractivity contribution in [3.05, 3.63) is 89.5 Å². The largest absolute Gasteiger partial charge is 0.497 e. The maximum Gasteiger partial charge on any atom is 0.253 e. The Morgan fingerprint density at radius 2 is 1.59 bits per heavy atom. The predicted octanol–water partition coefficient (Wildman–Crippen LogP) is 3.24. The van der Waals surface area contributed by atoms with E-state index in [0.717, 1.165) is 11.1 Å². The van der Waals surface area contributed by atoms with Gasteiger partial charge in [-0.2, -0.15) is 0 Å². The van der Waals surface area contributed by atoms with E-state index in [2.05, 4.69) is 15.4 Å². The molecular formula is C25H27N3O5S. The van der Waals surface area contributed by atoms with Crippen molar-refractivity contribution in [2.75, 3.05) is 19.0 Å². The van der Waals surface area contributed by atoms with Crippen molar-refractivity contribution in [2.24, 2.45) is 0 Å². The third kappa shape index (κ3) is 6.90. The van der Waals surface area contributed by atoms with Crippen molar-refractivity contribution >= 4 is 27.5 Å². The molecule has 178 valence electrons. The molecule has 0 bridgehead atoms. The van der Waals surface area contributed by atoms with Crippen LogP contribution in [0.3, 0.4) is 0 Å². The van der Waals surface area contributed by atoms with Crippen LogP contribution in [-0.4, -0.2) is 33.9 Å². The molecule has 0 aromatic heterocycles. The summed E-state index contributed by atoms with van der Waals surface area (Å²) in [5.74, 6) is -0.201. The molecule has 0 heterocycles. The number of ether oxygens (including phenoxy) is 1. The lowest BCUT2D eigenvalue weighted by molar-refractivity contribution is -0.116. The average molecular weight is 482 g/mol. The Balaban J connectivity index is 1.54. The number of aryl methyl sites for hydroxylation is 1. The number of carbonyl (C=O) groups is 2. The first-order valence-electron chi connectivity index (χ1n) is 10.6. The molecule has 0 atom stereocenters.